The van der Waals surface area contributed by atoms with Crippen LogP contribution < -0.4 is 5.73 Å². The van der Waals surface area contributed by atoms with Crippen molar-refractivity contribution in [2.24, 2.45) is 11.7 Å². The Bertz CT molecular complexity index is 288. The van der Waals surface area contributed by atoms with Gasteiger partial charge in [-0.25, -0.2) is 0 Å². The Balaban J connectivity index is 2.03. The Hall–Kier alpha value is -0.585. The van der Waals surface area contributed by atoms with Gasteiger partial charge in [0.15, 0.2) is 0 Å². The van der Waals surface area contributed by atoms with Crippen molar-refractivity contribution >= 4 is 13.0 Å². The summed E-state index contributed by atoms with van der Waals surface area (Å²) in [5.74, 6) is -0.535. The first-order chi connectivity index (χ1) is 8.11. The van der Waals surface area contributed by atoms with Crippen molar-refractivity contribution in [3.63, 3.8) is 0 Å². The Morgan fingerprint density at radius 1 is 1.18 bits per heavy atom. The van der Waals surface area contributed by atoms with Gasteiger partial charge < -0.3 is 20.7 Å². The van der Waals surface area contributed by atoms with Gasteiger partial charge in [-0.15, -0.1) is 0 Å². The highest BCUT2D eigenvalue weighted by molar-refractivity contribution is 6.43. The zero-order valence-corrected chi connectivity index (χ0v) is 10.1. The van der Waals surface area contributed by atoms with E-state index in [2.05, 4.69) is 0 Å². The van der Waals surface area contributed by atoms with Crippen LogP contribution in [0.2, 0.25) is 0 Å². The lowest BCUT2D eigenvalue weighted by Crippen LogP contribution is -2.51. The molecule has 0 aromatic rings. The maximum Gasteiger partial charge on any atom is 0.475 e. The highest BCUT2D eigenvalue weighted by atomic mass is 16.4. The van der Waals surface area contributed by atoms with Crippen molar-refractivity contribution in [2.45, 2.75) is 50.5 Å². The van der Waals surface area contributed by atoms with E-state index in [4.69, 9.17) is 5.73 Å². The van der Waals surface area contributed by atoms with Gasteiger partial charge in [-0.3, -0.25) is 4.79 Å². The molecule has 0 radical (unpaired) electrons. The topological polar surface area (TPSA) is 86.8 Å². The van der Waals surface area contributed by atoms with Gasteiger partial charge in [-0.2, -0.15) is 0 Å². The molecule has 2 fully saturated rings. The average molecular weight is 240 g/mol. The molecule has 3 unspecified atom stereocenters. The molecule has 2 aliphatic rings. The fourth-order valence-corrected chi connectivity index (χ4v) is 3.06. The Morgan fingerprint density at radius 2 is 1.88 bits per heavy atom. The van der Waals surface area contributed by atoms with Gasteiger partial charge in [0.1, 0.15) is 0 Å². The molecule has 4 N–H and O–H groups in total. The number of amides is 1. The fourth-order valence-electron chi connectivity index (χ4n) is 3.06. The van der Waals surface area contributed by atoms with E-state index in [-0.39, 0.29) is 17.9 Å². The second kappa shape index (κ2) is 5.37. The number of carbonyl (C=O) groups is 1. The zero-order valence-electron chi connectivity index (χ0n) is 10.1. The van der Waals surface area contributed by atoms with Crippen molar-refractivity contribution in [2.75, 3.05) is 6.54 Å². The molecule has 2 rings (SSSR count). The van der Waals surface area contributed by atoms with Crippen LogP contribution in [-0.4, -0.2) is 46.5 Å². The van der Waals surface area contributed by atoms with Gasteiger partial charge in [0, 0.05) is 12.6 Å². The molecule has 1 aliphatic heterocycles. The first kappa shape index (κ1) is 12.9. The fraction of sp³-hybridized carbons (Fsp3) is 0.909. The number of nitrogens with zero attached hydrogens (tertiary/aromatic N) is 1. The third kappa shape index (κ3) is 2.64. The van der Waals surface area contributed by atoms with E-state index >= 15 is 0 Å². The van der Waals surface area contributed by atoms with Crippen molar-refractivity contribution in [1.29, 1.82) is 0 Å². The summed E-state index contributed by atoms with van der Waals surface area (Å²) >= 11 is 0. The van der Waals surface area contributed by atoms with Crippen molar-refractivity contribution < 1.29 is 14.8 Å². The SMILES string of the molecule is NC1CCCCC1C(=O)N1CCCC1B(O)O. The number of hydrogen-bond acceptors (Lipinski definition) is 4. The lowest BCUT2D eigenvalue weighted by atomic mass is 9.76. The number of rotatable bonds is 2. The Kier molecular flexibility index (Phi) is 4.07. The van der Waals surface area contributed by atoms with Gasteiger partial charge in [0.05, 0.1) is 11.9 Å². The van der Waals surface area contributed by atoms with Crippen LogP contribution in [0.5, 0.6) is 0 Å². The zero-order chi connectivity index (χ0) is 12.4. The molecule has 3 atom stereocenters. The van der Waals surface area contributed by atoms with Crippen LogP contribution in [0.1, 0.15) is 38.5 Å². The van der Waals surface area contributed by atoms with E-state index in [1.54, 1.807) is 4.90 Å². The van der Waals surface area contributed by atoms with Gasteiger partial charge >= 0.3 is 7.12 Å². The van der Waals surface area contributed by atoms with Crippen LogP contribution in [0.25, 0.3) is 0 Å². The molecule has 1 saturated heterocycles. The summed E-state index contributed by atoms with van der Waals surface area (Å²) in [7, 11) is -1.43. The molecule has 1 saturated carbocycles. The number of nitrogens with two attached hydrogens (primary N) is 1. The molecule has 1 heterocycles. The minimum Gasteiger partial charge on any atom is -0.426 e. The quantitative estimate of drug-likeness (QED) is 0.568. The minimum atomic E-state index is -1.43. The highest BCUT2D eigenvalue weighted by Gasteiger charge is 2.40. The standard InChI is InChI=1S/C11H21BN2O3/c13-9-5-2-1-4-8(9)11(15)14-7-3-6-10(14)12(16)17/h8-10,16-17H,1-7,13H2. The molecule has 5 nitrogen and oxygen atoms in total. The van der Waals surface area contributed by atoms with Crippen LogP contribution in [0.3, 0.4) is 0 Å². The van der Waals surface area contributed by atoms with Crippen molar-refractivity contribution in [3.05, 3.63) is 0 Å². The summed E-state index contributed by atoms with van der Waals surface area (Å²) in [6.07, 6.45) is 5.39. The minimum absolute atomic E-state index is 0.0211. The predicted octanol–water partition coefficient (Wildman–Crippen LogP) is -0.493. The molecule has 1 amide bonds. The summed E-state index contributed by atoms with van der Waals surface area (Å²) in [6, 6.07) is -0.0617. The first-order valence-electron chi connectivity index (χ1n) is 6.53. The Labute approximate surface area is 102 Å². The average Bonchev–Trinajstić information content (AvgIpc) is 2.77. The summed E-state index contributed by atoms with van der Waals surface area (Å²) in [5, 5.41) is 18.5. The highest BCUT2D eigenvalue weighted by Crippen LogP contribution is 2.28. The smallest absolute Gasteiger partial charge is 0.426 e. The summed E-state index contributed by atoms with van der Waals surface area (Å²) in [4.78, 5) is 14.0. The van der Waals surface area contributed by atoms with Crippen LogP contribution in [-0.2, 0) is 4.79 Å². The lowest BCUT2D eigenvalue weighted by molar-refractivity contribution is -0.137. The van der Waals surface area contributed by atoms with Crippen molar-refractivity contribution in [3.8, 4) is 0 Å². The summed E-state index contributed by atoms with van der Waals surface area (Å²) in [6.45, 7) is 0.629. The van der Waals surface area contributed by atoms with E-state index in [0.29, 0.717) is 13.0 Å². The molecular weight excluding hydrogens is 219 g/mol. The first-order valence-corrected chi connectivity index (χ1v) is 6.53. The normalized spacial score (nSPS) is 33.8. The molecule has 17 heavy (non-hydrogen) atoms. The lowest BCUT2D eigenvalue weighted by Gasteiger charge is -2.33. The predicted molar refractivity (Wildman–Crippen MR) is 64.9 cm³/mol. The molecule has 0 spiro atoms. The molecule has 96 valence electrons. The number of hydrogen-bond donors (Lipinski definition) is 3. The maximum absolute atomic E-state index is 12.3. The van der Waals surface area contributed by atoms with Crippen LogP contribution in [0.4, 0.5) is 0 Å². The van der Waals surface area contributed by atoms with Gasteiger partial charge in [0.25, 0.3) is 0 Å². The van der Waals surface area contributed by atoms with Gasteiger partial charge in [0.2, 0.25) is 5.91 Å². The maximum atomic E-state index is 12.3. The summed E-state index contributed by atoms with van der Waals surface area (Å²) < 4.78 is 0. The molecule has 0 bridgehead atoms. The van der Waals surface area contributed by atoms with Crippen LogP contribution in [0, 0.1) is 5.92 Å². The number of carbonyl (C=O) groups excluding carboxylic acids is 1. The van der Waals surface area contributed by atoms with E-state index < -0.39 is 13.1 Å². The molecule has 0 aromatic carbocycles. The third-order valence-electron chi connectivity index (χ3n) is 4.06. The number of likely N-dealkylation sites (tertiary alicyclic amines) is 1. The molecule has 1 aliphatic carbocycles. The van der Waals surface area contributed by atoms with Crippen LogP contribution in [0.15, 0.2) is 0 Å². The third-order valence-corrected chi connectivity index (χ3v) is 4.06. The van der Waals surface area contributed by atoms with E-state index in [1.807, 2.05) is 0 Å². The Morgan fingerprint density at radius 3 is 2.53 bits per heavy atom. The van der Waals surface area contributed by atoms with Gasteiger partial charge in [-0.05, 0) is 25.7 Å². The molecule has 0 aromatic heterocycles. The van der Waals surface area contributed by atoms with Crippen LogP contribution >= 0.6 is 0 Å². The largest absolute Gasteiger partial charge is 0.475 e. The molecular formula is C11H21BN2O3. The van der Waals surface area contributed by atoms with E-state index in [0.717, 1.165) is 32.1 Å². The molecule has 6 heteroatoms. The monoisotopic (exact) mass is 240 g/mol. The summed E-state index contributed by atoms with van der Waals surface area (Å²) in [5.41, 5.74) is 6.00. The second-order valence-corrected chi connectivity index (χ2v) is 5.21. The van der Waals surface area contributed by atoms with E-state index in [9.17, 15) is 14.8 Å². The van der Waals surface area contributed by atoms with Gasteiger partial charge in [-0.1, -0.05) is 12.8 Å². The van der Waals surface area contributed by atoms with E-state index in [1.165, 1.54) is 0 Å². The van der Waals surface area contributed by atoms with Crippen molar-refractivity contribution in [1.82, 2.24) is 4.90 Å². The second-order valence-electron chi connectivity index (χ2n) is 5.21.